The lowest BCUT2D eigenvalue weighted by Crippen LogP contribution is -2.29. The zero-order valence-corrected chi connectivity index (χ0v) is 12.0. The quantitative estimate of drug-likeness (QED) is 0.633. The molecular weight excluding hydrogens is 278 g/mol. The number of carbonyl (C=O) groups is 1. The zero-order valence-electron chi connectivity index (χ0n) is 12.0. The Morgan fingerprint density at radius 1 is 1.18 bits per heavy atom. The van der Waals surface area contributed by atoms with E-state index in [1.165, 1.54) is 0 Å². The highest BCUT2D eigenvalue weighted by Gasteiger charge is 2.03. The lowest BCUT2D eigenvalue weighted by Gasteiger charge is -2.06. The highest BCUT2D eigenvalue weighted by Crippen LogP contribution is 2.11. The zero-order chi connectivity index (χ0) is 15.2. The SMILES string of the molecule is O=C(NCCCc1nc2ccccc2[nH]1)Nc1cccnc1. The first-order valence-electron chi connectivity index (χ1n) is 7.20. The Labute approximate surface area is 128 Å². The third-order valence-electron chi connectivity index (χ3n) is 3.23. The van der Waals surface area contributed by atoms with Gasteiger partial charge in [-0.3, -0.25) is 4.98 Å². The van der Waals surface area contributed by atoms with Gasteiger partial charge in [-0.1, -0.05) is 12.1 Å². The summed E-state index contributed by atoms with van der Waals surface area (Å²) in [7, 11) is 0. The number of carbonyl (C=O) groups excluding carboxylic acids is 1. The molecular formula is C16H17N5O. The van der Waals surface area contributed by atoms with Gasteiger partial charge in [0.2, 0.25) is 0 Å². The third kappa shape index (κ3) is 3.60. The third-order valence-corrected chi connectivity index (χ3v) is 3.23. The second-order valence-electron chi connectivity index (χ2n) is 4.93. The van der Waals surface area contributed by atoms with E-state index in [0.29, 0.717) is 12.2 Å². The largest absolute Gasteiger partial charge is 0.342 e. The maximum Gasteiger partial charge on any atom is 0.319 e. The normalized spacial score (nSPS) is 10.5. The summed E-state index contributed by atoms with van der Waals surface area (Å²) in [6.07, 6.45) is 4.88. The van der Waals surface area contributed by atoms with Crippen LogP contribution in [0.3, 0.4) is 0 Å². The number of benzene rings is 1. The average Bonchev–Trinajstić information content (AvgIpc) is 2.95. The number of hydrogen-bond acceptors (Lipinski definition) is 3. The van der Waals surface area contributed by atoms with E-state index in [-0.39, 0.29) is 6.03 Å². The van der Waals surface area contributed by atoms with Crippen LogP contribution in [0.5, 0.6) is 0 Å². The second kappa shape index (κ2) is 6.71. The average molecular weight is 295 g/mol. The van der Waals surface area contributed by atoms with Gasteiger partial charge >= 0.3 is 6.03 Å². The number of imidazole rings is 1. The minimum atomic E-state index is -0.224. The van der Waals surface area contributed by atoms with Crippen molar-refractivity contribution in [1.29, 1.82) is 0 Å². The second-order valence-corrected chi connectivity index (χ2v) is 4.93. The molecule has 0 radical (unpaired) electrons. The maximum atomic E-state index is 11.7. The van der Waals surface area contributed by atoms with Crippen molar-refractivity contribution in [2.45, 2.75) is 12.8 Å². The van der Waals surface area contributed by atoms with Gasteiger partial charge in [-0.25, -0.2) is 9.78 Å². The highest BCUT2D eigenvalue weighted by molar-refractivity contribution is 5.88. The summed E-state index contributed by atoms with van der Waals surface area (Å²) in [5, 5.41) is 5.54. The number of pyridine rings is 1. The summed E-state index contributed by atoms with van der Waals surface area (Å²) in [6, 6.07) is 11.3. The molecule has 6 nitrogen and oxygen atoms in total. The van der Waals surface area contributed by atoms with E-state index in [2.05, 4.69) is 25.6 Å². The van der Waals surface area contributed by atoms with Crippen molar-refractivity contribution in [2.24, 2.45) is 0 Å². The fraction of sp³-hybridized carbons (Fsp3) is 0.188. The molecule has 0 atom stereocenters. The number of amides is 2. The van der Waals surface area contributed by atoms with Crippen molar-refractivity contribution in [3.8, 4) is 0 Å². The topological polar surface area (TPSA) is 82.7 Å². The number of aromatic nitrogens is 3. The molecule has 22 heavy (non-hydrogen) atoms. The van der Waals surface area contributed by atoms with E-state index >= 15 is 0 Å². The van der Waals surface area contributed by atoms with E-state index in [4.69, 9.17) is 0 Å². The molecule has 0 saturated heterocycles. The molecule has 0 bridgehead atoms. The summed E-state index contributed by atoms with van der Waals surface area (Å²) in [5.74, 6) is 0.940. The van der Waals surface area contributed by atoms with Crippen LogP contribution < -0.4 is 10.6 Å². The molecule has 0 spiro atoms. The van der Waals surface area contributed by atoms with Gasteiger partial charge in [0.1, 0.15) is 5.82 Å². The minimum Gasteiger partial charge on any atom is -0.342 e. The van der Waals surface area contributed by atoms with E-state index < -0.39 is 0 Å². The summed E-state index contributed by atoms with van der Waals surface area (Å²) in [4.78, 5) is 23.4. The van der Waals surface area contributed by atoms with Gasteiger partial charge in [0.15, 0.2) is 0 Å². The van der Waals surface area contributed by atoms with Crippen LogP contribution in [-0.2, 0) is 6.42 Å². The summed E-state index contributed by atoms with van der Waals surface area (Å²) < 4.78 is 0. The Hall–Kier alpha value is -2.89. The Kier molecular flexibility index (Phi) is 4.29. The van der Waals surface area contributed by atoms with Crippen LogP contribution in [0.25, 0.3) is 11.0 Å². The fourth-order valence-electron chi connectivity index (χ4n) is 2.19. The van der Waals surface area contributed by atoms with Gasteiger partial charge in [0, 0.05) is 19.2 Å². The van der Waals surface area contributed by atoms with Crippen molar-refractivity contribution in [1.82, 2.24) is 20.3 Å². The highest BCUT2D eigenvalue weighted by atomic mass is 16.2. The van der Waals surface area contributed by atoms with Crippen LogP contribution in [0.1, 0.15) is 12.2 Å². The number of nitrogens with zero attached hydrogens (tertiary/aromatic N) is 2. The van der Waals surface area contributed by atoms with Crippen LogP contribution in [0, 0.1) is 0 Å². The van der Waals surface area contributed by atoms with Crippen molar-refractivity contribution in [3.63, 3.8) is 0 Å². The molecule has 3 N–H and O–H groups in total. The number of para-hydroxylation sites is 2. The number of anilines is 1. The van der Waals surface area contributed by atoms with E-state index in [1.54, 1.807) is 24.5 Å². The molecule has 0 fully saturated rings. The molecule has 2 heterocycles. The summed E-state index contributed by atoms with van der Waals surface area (Å²) in [6.45, 7) is 0.586. The monoisotopic (exact) mass is 295 g/mol. The smallest absolute Gasteiger partial charge is 0.319 e. The van der Waals surface area contributed by atoms with Crippen molar-refractivity contribution in [3.05, 3.63) is 54.6 Å². The first-order chi connectivity index (χ1) is 10.8. The van der Waals surface area contributed by atoms with Gasteiger partial charge in [0.05, 0.1) is 22.9 Å². The van der Waals surface area contributed by atoms with Gasteiger partial charge in [-0.2, -0.15) is 0 Å². The van der Waals surface area contributed by atoms with Crippen LogP contribution >= 0.6 is 0 Å². The van der Waals surface area contributed by atoms with Gasteiger partial charge < -0.3 is 15.6 Å². The number of urea groups is 1. The maximum absolute atomic E-state index is 11.7. The van der Waals surface area contributed by atoms with Gasteiger partial charge in [-0.15, -0.1) is 0 Å². The Balaban J connectivity index is 1.42. The number of hydrogen-bond donors (Lipinski definition) is 3. The number of aryl methyl sites for hydroxylation is 1. The van der Waals surface area contributed by atoms with E-state index in [9.17, 15) is 4.79 Å². The number of aromatic amines is 1. The molecule has 6 heteroatoms. The Morgan fingerprint density at radius 2 is 2.09 bits per heavy atom. The molecule has 3 rings (SSSR count). The van der Waals surface area contributed by atoms with Crippen LogP contribution in [0.2, 0.25) is 0 Å². The molecule has 2 aromatic heterocycles. The Morgan fingerprint density at radius 3 is 2.91 bits per heavy atom. The number of fused-ring (bicyclic) bond motifs is 1. The van der Waals surface area contributed by atoms with Crippen molar-refractivity contribution < 1.29 is 4.79 Å². The predicted molar refractivity (Wildman–Crippen MR) is 85.7 cm³/mol. The lowest BCUT2D eigenvalue weighted by atomic mass is 10.3. The summed E-state index contributed by atoms with van der Waals surface area (Å²) in [5.41, 5.74) is 2.69. The molecule has 112 valence electrons. The fourth-order valence-corrected chi connectivity index (χ4v) is 2.19. The molecule has 0 saturated carbocycles. The molecule has 0 aliphatic carbocycles. The van der Waals surface area contributed by atoms with Gasteiger partial charge in [-0.05, 0) is 30.7 Å². The number of H-pyrrole nitrogens is 1. The van der Waals surface area contributed by atoms with E-state index in [1.807, 2.05) is 24.3 Å². The molecule has 0 aliphatic rings. The van der Waals surface area contributed by atoms with Crippen LogP contribution in [0.15, 0.2) is 48.8 Å². The standard InChI is InChI=1S/C16H17N5O/c22-16(19-12-5-3-9-17-11-12)18-10-4-8-15-20-13-6-1-2-7-14(13)21-15/h1-3,5-7,9,11H,4,8,10H2,(H,20,21)(H2,18,19,22). The molecule has 0 aliphatic heterocycles. The van der Waals surface area contributed by atoms with Crippen LogP contribution in [-0.4, -0.2) is 27.5 Å². The first kappa shape index (κ1) is 14.1. The Bertz CT molecular complexity index is 720. The molecule has 0 unspecified atom stereocenters. The van der Waals surface area contributed by atoms with Gasteiger partial charge in [0.25, 0.3) is 0 Å². The van der Waals surface area contributed by atoms with Crippen LogP contribution in [0.4, 0.5) is 10.5 Å². The molecule has 1 aromatic carbocycles. The number of nitrogens with one attached hydrogen (secondary N) is 3. The first-order valence-corrected chi connectivity index (χ1v) is 7.20. The van der Waals surface area contributed by atoms with Crippen molar-refractivity contribution >= 4 is 22.8 Å². The minimum absolute atomic E-state index is 0.224. The molecule has 2 amide bonds. The predicted octanol–water partition coefficient (Wildman–Crippen LogP) is 2.71. The number of rotatable bonds is 5. The summed E-state index contributed by atoms with van der Waals surface area (Å²) >= 11 is 0. The van der Waals surface area contributed by atoms with E-state index in [0.717, 1.165) is 29.7 Å². The van der Waals surface area contributed by atoms with Crippen molar-refractivity contribution in [2.75, 3.05) is 11.9 Å². The lowest BCUT2D eigenvalue weighted by molar-refractivity contribution is 0.252. The molecule has 3 aromatic rings.